The third kappa shape index (κ3) is 2.76. The number of H-pyrrole nitrogens is 1. The third-order valence-electron chi connectivity index (χ3n) is 2.79. The second kappa shape index (κ2) is 5.70. The van der Waals surface area contributed by atoms with E-state index in [2.05, 4.69) is 15.2 Å². The third-order valence-corrected chi connectivity index (χ3v) is 4.01. The largest absolute Gasteiger partial charge is 0.368 e. The van der Waals surface area contributed by atoms with E-state index >= 15 is 0 Å². The fraction of sp³-hybridized carbons (Fsp3) is 0. The number of nitrogens with two attached hydrogens (primary N) is 1. The van der Waals surface area contributed by atoms with Gasteiger partial charge in [-0.2, -0.15) is 4.98 Å². The number of nitrogens with zero attached hydrogens (tertiary/aromatic N) is 4. The van der Waals surface area contributed by atoms with Crippen LogP contribution in [0.3, 0.4) is 0 Å². The average molecular weight is 337 g/mol. The molecular weight excluding hydrogens is 328 g/mol. The fourth-order valence-electron chi connectivity index (χ4n) is 1.85. The zero-order valence-electron chi connectivity index (χ0n) is 10.9. The minimum absolute atomic E-state index is 0.116. The van der Waals surface area contributed by atoms with Crippen LogP contribution in [-0.4, -0.2) is 24.7 Å². The molecule has 0 saturated heterocycles. The van der Waals surface area contributed by atoms with Gasteiger partial charge >= 0.3 is 0 Å². The van der Waals surface area contributed by atoms with E-state index in [0.29, 0.717) is 15.7 Å². The number of aromatic nitrogens is 4. The lowest BCUT2D eigenvalue weighted by molar-refractivity contribution is -0.387. The number of nitrogen functional groups attached to an aromatic ring is 1. The summed E-state index contributed by atoms with van der Waals surface area (Å²) in [4.78, 5) is 15.0. The van der Waals surface area contributed by atoms with E-state index in [1.165, 1.54) is 6.07 Å². The number of nitro benzene ring substituents is 1. The number of hydrogen-bond acceptors (Lipinski definition) is 6. The Morgan fingerprint density at radius 1 is 1.36 bits per heavy atom. The summed E-state index contributed by atoms with van der Waals surface area (Å²) in [5.74, 6) is 0.143. The zero-order valence-corrected chi connectivity index (χ0v) is 12.5. The topological polar surface area (TPSA) is 116 Å². The van der Waals surface area contributed by atoms with Crippen molar-refractivity contribution in [3.05, 3.63) is 51.8 Å². The molecule has 0 saturated carbocycles. The first kappa shape index (κ1) is 14.4. The predicted molar refractivity (Wildman–Crippen MR) is 82.4 cm³/mol. The van der Waals surface area contributed by atoms with Gasteiger partial charge in [0.1, 0.15) is 0 Å². The maximum absolute atomic E-state index is 11.2. The maximum Gasteiger partial charge on any atom is 0.284 e. The summed E-state index contributed by atoms with van der Waals surface area (Å²) in [6.07, 6.45) is 3.60. The molecule has 3 rings (SSSR count). The number of halogens is 1. The smallest absolute Gasteiger partial charge is 0.284 e. The molecule has 0 amide bonds. The first-order valence-corrected chi connectivity index (χ1v) is 7.21. The van der Waals surface area contributed by atoms with Gasteiger partial charge in [-0.1, -0.05) is 11.6 Å². The second-order valence-corrected chi connectivity index (χ2v) is 5.64. The Balaban J connectivity index is 2.09. The summed E-state index contributed by atoms with van der Waals surface area (Å²) < 4.78 is 1.77. The molecule has 3 aromatic rings. The van der Waals surface area contributed by atoms with Gasteiger partial charge in [-0.25, -0.2) is 5.10 Å². The molecule has 2 heterocycles. The molecule has 0 aliphatic heterocycles. The van der Waals surface area contributed by atoms with Gasteiger partial charge in [0.25, 0.3) is 5.69 Å². The van der Waals surface area contributed by atoms with Crippen molar-refractivity contribution in [1.82, 2.24) is 19.7 Å². The number of anilines is 1. The Morgan fingerprint density at radius 3 is 2.68 bits per heavy atom. The SMILES string of the molecule is Nc1nc(Sc2cc(-n3cccc3)c(Cl)cc2[N+](=O)[O-])n[nH]1. The molecule has 0 fully saturated rings. The lowest BCUT2D eigenvalue weighted by Gasteiger charge is -2.08. The number of aromatic amines is 1. The highest BCUT2D eigenvalue weighted by Gasteiger charge is 2.20. The summed E-state index contributed by atoms with van der Waals surface area (Å²) in [5, 5.41) is 18.1. The molecule has 2 aromatic heterocycles. The van der Waals surface area contributed by atoms with Crippen LogP contribution in [0.5, 0.6) is 0 Å². The van der Waals surface area contributed by atoms with Gasteiger partial charge in [0.2, 0.25) is 11.1 Å². The van der Waals surface area contributed by atoms with Crippen LogP contribution in [0.4, 0.5) is 11.6 Å². The summed E-state index contributed by atoms with van der Waals surface area (Å²) in [6.45, 7) is 0. The van der Waals surface area contributed by atoms with Gasteiger partial charge < -0.3 is 10.3 Å². The summed E-state index contributed by atoms with van der Waals surface area (Å²) >= 11 is 7.19. The van der Waals surface area contributed by atoms with Crippen LogP contribution in [0.2, 0.25) is 5.02 Å². The van der Waals surface area contributed by atoms with Crippen LogP contribution in [0.1, 0.15) is 0 Å². The minimum Gasteiger partial charge on any atom is -0.368 e. The van der Waals surface area contributed by atoms with Gasteiger partial charge in [0, 0.05) is 18.5 Å². The van der Waals surface area contributed by atoms with Crippen molar-refractivity contribution in [1.29, 1.82) is 0 Å². The number of rotatable bonds is 4. The van der Waals surface area contributed by atoms with Crippen molar-refractivity contribution in [3.63, 3.8) is 0 Å². The van der Waals surface area contributed by atoms with Crippen LogP contribution in [0, 0.1) is 10.1 Å². The molecule has 0 unspecified atom stereocenters. The van der Waals surface area contributed by atoms with E-state index in [1.54, 1.807) is 23.0 Å². The van der Waals surface area contributed by atoms with E-state index in [4.69, 9.17) is 17.3 Å². The molecular formula is C12H9ClN6O2S. The van der Waals surface area contributed by atoms with E-state index in [9.17, 15) is 10.1 Å². The molecule has 0 radical (unpaired) electrons. The molecule has 22 heavy (non-hydrogen) atoms. The van der Waals surface area contributed by atoms with Crippen molar-refractivity contribution < 1.29 is 4.92 Å². The highest BCUT2D eigenvalue weighted by molar-refractivity contribution is 7.99. The molecule has 8 nitrogen and oxygen atoms in total. The molecule has 0 aliphatic rings. The first-order valence-electron chi connectivity index (χ1n) is 6.01. The number of hydrogen-bond donors (Lipinski definition) is 2. The molecule has 112 valence electrons. The predicted octanol–water partition coefficient (Wildman–Crippen LogP) is 2.89. The van der Waals surface area contributed by atoms with Crippen LogP contribution >= 0.6 is 23.4 Å². The van der Waals surface area contributed by atoms with Crippen molar-refractivity contribution in [2.75, 3.05) is 5.73 Å². The Bertz CT molecular complexity index is 832. The lowest BCUT2D eigenvalue weighted by atomic mass is 10.3. The molecule has 0 aliphatic carbocycles. The van der Waals surface area contributed by atoms with Gasteiger partial charge in [-0.05, 0) is 30.0 Å². The van der Waals surface area contributed by atoms with Gasteiger partial charge in [-0.3, -0.25) is 10.1 Å². The molecule has 10 heteroatoms. The maximum atomic E-state index is 11.2. The van der Waals surface area contributed by atoms with Crippen molar-refractivity contribution in [3.8, 4) is 5.69 Å². The quantitative estimate of drug-likeness (QED) is 0.559. The van der Waals surface area contributed by atoms with Crippen LogP contribution < -0.4 is 5.73 Å². The standard InChI is InChI=1S/C12H9ClN6O2S/c13-7-5-9(19(20)21)10(22-12-15-11(14)16-17-12)6-8(7)18-3-1-2-4-18/h1-6H,(H3,14,15,16,17). The molecule has 3 N–H and O–H groups in total. The lowest BCUT2D eigenvalue weighted by Crippen LogP contribution is -1.97. The molecule has 0 bridgehead atoms. The summed E-state index contributed by atoms with van der Waals surface area (Å²) in [5.41, 5.74) is 5.97. The number of nitro groups is 1. The van der Waals surface area contributed by atoms with Crippen molar-refractivity contribution >= 4 is 35.0 Å². The molecule has 1 aromatic carbocycles. The fourth-order valence-corrected chi connectivity index (χ4v) is 2.95. The van der Waals surface area contributed by atoms with Gasteiger partial charge in [0.15, 0.2) is 0 Å². The minimum atomic E-state index is -0.496. The normalized spacial score (nSPS) is 10.8. The number of nitrogens with one attached hydrogen (secondary N) is 1. The highest BCUT2D eigenvalue weighted by atomic mass is 35.5. The van der Waals surface area contributed by atoms with Crippen LogP contribution in [0.15, 0.2) is 46.7 Å². The summed E-state index contributed by atoms with van der Waals surface area (Å²) in [7, 11) is 0. The molecule has 0 atom stereocenters. The monoisotopic (exact) mass is 336 g/mol. The van der Waals surface area contributed by atoms with E-state index in [1.807, 2.05) is 12.1 Å². The van der Waals surface area contributed by atoms with Crippen LogP contribution in [0.25, 0.3) is 5.69 Å². The Kier molecular flexibility index (Phi) is 3.73. The van der Waals surface area contributed by atoms with E-state index < -0.39 is 4.92 Å². The Hall–Kier alpha value is -2.52. The van der Waals surface area contributed by atoms with E-state index in [-0.39, 0.29) is 16.7 Å². The number of benzene rings is 1. The second-order valence-electron chi connectivity index (χ2n) is 4.22. The molecule has 0 spiro atoms. The Labute approximate surface area is 133 Å². The van der Waals surface area contributed by atoms with Crippen molar-refractivity contribution in [2.45, 2.75) is 10.1 Å². The van der Waals surface area contributed by atoms with Crippen molar-refractivity contribution in [2.24, 2.45) is 0 Å². The van der Waals surface area contributed by atoms with E-state index in [0.717, 1.165) is 11.8 Å². The average Bonchev–Trinajstić information content (AvgIpc) is 3.12. The zero-order chi connectivity index (χ0) is 15.7. The summed E-state index contributed by atoms with van der Waals surface area (Å²) in [6, 6.07) is 6.61. The first-order chi connectivity index (χ1) is 10.5. The van der Waals surface area contributed by atoms with Gasteiger partial charge in [0.05, 0.1) is 20.5 Å². The van der Waals surface area contributed by atoms with Gasteiger partial charge in [-0.15, -0.1) is 5.10 Å². The Morgan fingerprint density at radius 2 is 2.09 bits per heavy atom. The van der Waals surface area contributed by atoms with Crippen LogP contribution in [-0.2, 0) is 0 Å². The highest BCUT2D eigenvalue weighted by Crippen LogP contribution is 2.38.